The van der Waals surface area contributed by atoms with Gasteiger partial charge in [0.25, 0.3) is 0 Å². The molecule has 0 N–H and O–H groups in total. The van der Waals surface area contributed by atoms with Crippen molar-refractivity contribution in [2.75, 3.05) is 25.5 Å². The molecule has 0 saturated carbocycles. The van der Waals surface area contributed by atoms with Gasteiger partial charge in [0.1, 0.15) is 14.3 Å². The lowest BCUT2D eigenvalue weighted by molar-refractivity contribution is 0.289. The number of benzene rings is 5. The monoisotopic (exact) mass is 566 g/mol. The predicted octanol–water partition coefficient (Wildman–Crippen LogP) is 6.47. The Bertz CT molecular complexity index is 1380. The average molecular weight is 567 g/mol. The van der Waals surface area contributed by atoms with Crippen LogP contribution in [0.3, 0.4) is 0 Å². The summed E-state index contributed by atoms with van der Waals surface area (Å²) in [4.78, 5) is 0. The summed E-state index contributed by atoms with van der Waals surface area (Å²) in [5, 5.41) is 3.25. The molecule has 0 fully saturated rings. The van der Waals surface area contributed by atoms with E-state index < -0.39 is 14.3 Å². The molecule has 0 amide bonds. The van der Waals surface area contributed by atoms with Crippen molar-refractivity contribution in [3.05, 3.63) is 146 Å². The highest BCUT2D eigenvalue weighted by Crippen LogP contribution is 2.44. The number of para-hydroxylation sites is 2. The summed E-state index contributed by atoms with van der Waals surface area (Å²) in [7, 11) is -5.78. The lowest BCUT2D eigenvalue weighted by Crippen LogP contribution is -2.22. The molecule has 0 spiro atoms. The van der Waals surface area contributed by atoms with Gasteiger partial charge in [0, 0.05) is 33.5 Å². The van der Waals surface area contributed by atoms with Gasteiger partial charge >= 0.3 is 0 Å². The minimum Gasteiger partial charge on any atom is -0.489 e. The maximum atomic E-state index is 14.3. The van der Waals surface area contributed by atoms with Crippen molar-refractivity contribution in [3.63, 3.8) is 0 Å². The zero-order valence-corrected chi connectivity index (χ0v) is 24.0. The molecule has 0 atom stereocenters. The summed E-state index contributed by atoms with van der Waals surface area (Å²) in [6.07, 6.45) is 0.707. The fourth-order valence-electron chi connectivity index (χ4n) is 4.75. The van der Waals surface area contributed by atoms with Gasteiger partial charge in [0.2, 0.25) is 0 Å². The smallest absolute Gasteiger partial charge is 0.161 e. The Labute approximate surface area is 236 Å². The van der Waals surface area contributed by atoms with Crippen LogP contribution in [0.4, 0.5) is 0 Å². The van der Waals surface area contributed by atoms with E-state index in [2.05, 4.69) is 0 Å². The van der Waals surface area contributed by atoms with Gasteiger partial charge in [-0.25, -0.2) is 0 Å². The molecular formula is C34H32O4P2. The first-order valence-electron chi connectivity index (χ1n) is 13.3. The highest BCUT2D eigenvalue weighted by Gasteiger charge is 2.28. The largest absolute Gasteiger partial charge is 0.489 e. The second-order valence-electron chi connectivity index (χ2n) is 9.41. The fourth-order valence-corrected chi connectivity index (χ4v) is 9.69. The number of rotatable bonds is 12. The molecule has 0 aliphatic rings. The molecule has 5 rings (SSSR count). The summed E-state index contributed by atoms with van der Waals surface area (Å²) in [5.74, 6) is 1.15. The molecule has 0 heterocycles. The van der Waals surface area contributed by atoms with E-state index in [1.165, 1.54) is 0 Å². The van der Waals surface area contributed by atoms with E-state index >= 15 is 0 Å². The second kappa shape index (κ2) is 13.0. The second-order valence-corrected chi connectivity index (χ2v) is 15.3. The number of hydrogen-bond acceptors (Lipinski definition) is 4. The van der Waals surface area contributed by atoms with E-state index in [0.717, 1.165) is 21.2 Å². The lowest BCUT2D eigenvalue weighted by atomic mass is 10.3. The first kappa shape index (κ1) is 27.7. The molecule has 4 nitrogen and oxygen atoms in total. The summed E-state index contributed by atoms with van der Waals surface area (Å²) in [5.41, 5.74) is 0. The summed E-state index contributed by atoms with van der Waals surface area (Å²) in [6.45, 7) is 0.516. The summed E-state index contributed by atoms with van der Waals surface area (Å²) < 4.78 is 40.9. The first-order valence-corrected chi connectivity index (χ1v) is 17.1. The molecule has 5 aromatic carbocycles. The van der Waals surface area contributed by atoms with Crippen LogP contribution in [0.1, 0.15) is 0 Å². The third kappa shape index (κ3) is 6.31. The van der Waals surface area contributed by atoms with E-state index in [1.807, 2.05) is 146 Å². The predicted molar refractivity (Wildman–Crippen MR) is 167 cm³/mol. The van der Waals surface area contributed by atoms with Crippen LogP contribution < -0.4 is 30.7 Å². The van der Waals surface area contributed by atoms with Crippen LogP contribution in [0.2, 0.25) is 0 Å². The zero-order valence-electron chi connectivity index (χ0n) is 22.2. The van der Waals surface area contributed by atoms with Crippen molar-refractivity contribution < 1.29 is 18.6 Å². The highest BCUT2D eigenvalue weighted by atomic mass is 31.2. The summed E-state index contributed by atoms with van der Waals surface area (Å²) in [6, 6.07) is 45.8. The topological polar surface area (TPSA) is 52.6 Å². The van der Waals surface area contributed by atoms with Crippen molar-refractivity contribution >= 4 is 35.5 Å². The molecule has 0 bridgehead atoms. The molecule has 40 heavy (non-hydrogen) atoms. The van der Waals surface area contributed by atoms with Crippen LogP contribution in [0.25, 0.3) is 0 Å². The van der Waals surface area contributed by atoms with E-state index in [1.54, 1.807) is 0 Å². The van der Waals surface area contributed by atoms with Crippen molar-refractivity contribution in [2.45, 2.75) is 0 Å². The number of ether oxygens (including phenoxy) is 2. The Kier molecular flexibility index (Phi) is 9.01. The van der Waals surface area contributed by atoms with Gasteiger partial charge in [-0.05, 0) is 12.1 Å². The third-order valence-corrected chi connectivity index (χ3v) is 13.0. The molecule has 0 aliphatic heterocycles. The van der Waals surface area contributed by atoms with Crippen molar-refractivity contribution in [3.8, 4) is 11.5 Å². The van der Waals surface area contributed by atoms with Crippen LogP contribution in [-0.2, 0) is 9.13 Å². The lowest BCUT2D eigenvalue weighted by Gasteiger charge is -2.21. The maximum absolute atomic E-state index is 14.3. The maximum Gasteiger partial charge on any atom is 0.161 e. The molecule has 0 aliphatic carbocycles. The van der Waals surface area contributed by atoms with Crippen LogP contribution in [0.15, 0.2) is 146 Å². The van der Waals surface area contributed by atoms with E-state index in [4.69, 9.17) is 9.47 Å². The van der Waals surface area contributed by atoms with Crippen LogP contribution in [0, 0.1) is 0 Å². The Balaban J connectivity index is 1.29. The van der Waals surface area contributed by atoms with Gasteiger partial charge in [-0.1, -0.05) is 133 Å². The highest BCUT2D eigenvalue weighted by molar-refractivity contribution is 7.79. The molecule has 202 valence electrons. The first-order chi connectivity index (χ1) is 19.6. The van der Waals surface area contributed by atoms with Gasteiger partial charge in [-0.2, -0.15) is 0 Å². The van der Waals surface area contributed by atoms with Gasteiger partial charge in [-0.3, -0.25) is 0 Å². The van der Waals surface area contributed by atoms with Gasteiger partial charge < -0.3 is 18.6 Å². The van der Waals surface area contributed by atoms with E-state index in [9.17, 15) is 9.13 Å². The molecule has 0 aromatic heterocycles. The van der Waals surface area contributed by atoms with Gasteiger partial charge in [-0.15, -0.1) is 0 Å². The average Bonchev–Trinajstić information content (AvgIpc) is 3.03. The standard InChI is InChI=1S/C34H32O4P2/c35-39(29-15-5-1-6-16-29,30-17-7-2-8-18-30)27-25-37-33-23-13-14-24-34(33)38-26-28-40(36,31-19-9-3-10-20-31)32-21-11-4-12-22-32/h1-24H,25-28H2. The Hall–Kier alpha value is -3.84. The van der Waals surface area contributed by atoms with E-state index in [0.29, 0.717) is 23.8 Å². The van der Waals surface area contributed by atoms with Gasteiger partial charge in [0.15, 0.2) is 11.5 Å². The minimum absolute atomic E-state index is 0.258. The Morgan fingerprint density at radius 1 is 0.375 bits per heavy atom. The molecule has 6 heteroatoms. The van der Waals surface area contributed by atoms with Crippen LogP contribution >= 0.6 is 14.3 Å². The van der Waals surface area contributed by atoms with Gasteiger partial charge in [0.05, 0.1) is 13.2 Å². The normalized spacial score (nSPS) is 11.6. The SMILES string of the molecule is O=P(CCOc1ccccc1OCCP(=O)(c1ccccc1)c1ccccc1)(c1ccccc1)c1ccccc1. The Morgan fingerprint density at radius 2 is 0.625 bits per heavy atom. The van der Waals surface area contributed by atoms with Crippen LogP contribution in [-0.4, -0.2) is 25.5 Å². The zero-order chi connectivity index (χ0) is 27.7. The fraction of sp³-hybridized carbons (Fsp3) is 0.118. The molecule has 0 radical (unpaired) electrons. The quantitative estimate of drug-likeness (QED) is 0.163. The van der Waals surface area contributed by atoms with E-state index in [-0.39, 0.29) is 13.2 Å². The van der Waals surface area contributed by atoms with Crippen LogP contribution in [0.5, 0.6) is 11.5 Å². The molecule has 0 unspecified atom stereocenters. The molecule has 0 saturated heterocycles. The van der Waals surface area contributed by atoms with Crippen molar-refractivity contribution in [1.29, 1.82) is 0 Å². The van der Waals surface area contributed by atoms with Crippen molar-refractivity contribution in [1.82, 2.24) is 0 Å². The molecule has 5 aromatic rings. The third-order valence-electron chi connectivity index (χ3n) is 6.87. The molecular weight excluding hydrogens is 534 g/mol. The number of hydrogen-bond donors (Lipinski definition) is 0. The Morgan fingerprint density at radius 3 is 0.900 bits per heavy atom. The van der Waals surface area contributed by atoms with Crippen molar-refractivity contribution in [2.24, 2.45) is 0 Å². The minimum atomic E-state index is -2.89. The summed E-state index contributed by atoms with van der Waals surface area (Å²) >= 11 is 0.